The molecular formula is C22H28N2O3S. The molecule has 1 aliphatic rings. The number of carbonyl (C=O) groups excluding carboxylic acids is 1. The number of rotatable bonds is 7. The summed E-state index contributed by atoms with van der Waals surface area (Å²) in [5, 5.41) is 3.16. The zero-order chi connectivity index (χ0) is 20.1. The number of sulfonamides is 1. The molecule has 0 bridgehead atoms. The molecule has 1 aliphatic carbocycles. The molecule has 150 valence electrons. The van der Waals surface area contributed by atoms with Gasteiger partial charge in [-0.15, -0.1) is 0 Å². The van der Waals surface area contributed by atoms with Crippen molar-refractivity contribution in [2.45, 2.75) is 62.9 Å². The first-order chi connectivity index (χ1) is 13.3. The third-order valence-corrected chi connectivity index (χ3v) is 6.64. The maximum absolute atomic E-state index is 12.4. The largest absolute Gasteiger partial charge is 0.349 e. The van der Waals surface area contributed by atoms with Crippen molar-refractivity contribution in [3.8, 4) is 0 Å². The molecule has 2 N–H and O–H groups in total. The van der Waals surface area contributed by atoms with Gasteiger partial charge in [0.25, 0.3) is 0 Å². The molecule has 0 heterocycles. The summed E-state index contributed by atoms with van der Waals surface area (Å²) in [5.41, 5.74) is 3.50. The number of carbonyl (C=O) groups is 1. The van der Waals surface area contributed by atoms with Gasteiger partial charge in [-0.1, -0.05) is 36.4 Å². The molecule has 0 aliphatic heterocycles. The Morgan fingerprint density at radius 1 is 1.11 bits per heavy atom. The molecule has 5 nitrogen and oxygen atoms in total. The molecule has 0 saturated carbocycles. The second-order valence-electron chi connectivity index (χ2n) is 7.63. The van der Waals surface area contributed by atoms with E-state index in [1.54, 1.807) is 38.1 Å². The SMILES string of the molecule is CC(C)NS(=O)(=O)c1ccc(CCC(=O)N[C@H]2CCCc3ccccc32)cc1. The van der Waals surface area contributed by atoms with Crippen LogP contribution in [0.4, 0.5) is 0 Å². The first-order valence-electron chi connectivity index (χ1n) is 9.83. The number of hydrogen-bond donors (Lipinski definition) is 2. The maximum atomic E-state index is 12.4. The monoisotopic (exact) mass is 400 g/mol. The number of aryl methyl sites for hydroxylation is 2. The Morgan fingerprint density at radius 2 is 1.82 bits per heavy atom. The van der Waals surface area contributed by atoms with E-state index in [-0.39, 0.29) is 22.9 Å². The van der Waals surface area contributed by atoms with Crippen LogP contribution in [0.15, 0.2) is 53.4 Å². The summed E-state index contributed by atoms with van der Waals surface area (Å²) in [6.07, 6.45) is 4.09. The fraction of sp³-hybridized carbons (Fsp3) is 0.409. The van der Waals surface area contributed by atoms with Gasteiger partial charge in [-0.2, -0.15) is 0 Å². The summed E-state index contributed by atoms with van der Waals surface area (Å²) < 4.78 is 26.9. The lowest BCUT2D eigenvalue weighted by molar-refractivity contribution is -0.121. The first kappa shape index (κ1) is 20.6. The van der Waals surface area contributed by atoms with E-state index in [9.17, 15) is 13.2 Å². The van der Waals surface area contributed by atoms with Crippen LogP contribution in [0.2, 0.25) is 0 Å². The molecule has 0 aromatic heterocycles. The van der Waals surface area contributed by atoms with E-state index in [1.807, 2.05) is 12.1 Å². The fourth-order valence-electron chi connectivity index (χ4n) is 3.64. The topological polar surface area (TPSA) is 75.3 Å². The molecule has 1 amide bonds. The molecule has 0 unspecified atom stereocenters. The van der Waals surface area contributed by atoms with Crippen LogP contribution in [0.3, 0.4) is 0 Å². The highest BCUT2D eigenvalue weighted by molar-refractivity contribution is 7.89. The van der Waals surface area contributed by atoms with Gasteiger partial charge < -0.3 is 5.32 Å². The number of nitrogens with one attached hydrogen (secondary N) is 2. The van der Waals surface area contributed by atoms with Crippen LogP contribution >= 0.6 is 0 Å². The Bertz CT molecular complexity index is 921. The van der Waals surface area contributed by atoms with Gasteiger partial charge in [0, 0.05) is 12.5 Å². The van der Waals surface area contributed by atoms with Gasteiger partial charge in [0.15, 0.2) is 0 Å². The number of amides is 1. The summed E-state index contributed by atoms with van der Waals surface area (Å²) in [5.74, 6) is 0.0277. The van der Waals surface area contributed by atoms with Crippen LogP contribution < -0.4 is 10.0 Å². The van der Waals surface area contributed by atoms with Gasteiger partial charge >= 0.3 is 0 Å². The standard InChI is InChI=1S/C22H28N2O3S/c1-16(2)24-28(26,27)19-13-10-17(11-14-19)12-15-22(25)23-21-9-5-7-18-6-3-4-8-20(18)21/h3-4,6,8,10-11,13-14,16,21,24H,5,7,9,12,15H2,1-2H3,(H,23,25)/t21-/m0/s1. The van der Waals surface area contributed by atoms with Gasteiger partial charge in [0.05, 0.1) is 10.9 Å². The number of hydrogen-bond acceptors (Lipinski definition) is 3. The van der Waals surface area contributed by atoms with Crippen LogP contribution in [0, 0.1) is 0 Å². The highest BCUT2D eigenvalue weighted by atomic mass is 32.2. The Kier molecular flexibility index (Phi) is 6.52. The van der Waals surface area contributed by atoms with E-state index in [2.05, 4.69) is 22.2 Å². The quantitative estimate of drug-likeness (QED) is 0.747. The number of fused-ring (bicyclic) bond motifs is 1. The third kappa shape index (κ3) is 5.20. The molecule has 28 heavy (non-hydrogen) atoms. The van der Waals surface area contributed by atoms with Gasteiger partial charge in [-0.25, -0.2) is 13.1 Å². The Morgan fingerprint density at radius 3 is 2.54 bits per heavy atom. The molecule has 0 radical (unpaired) electrons. The molecule has 6 heteroatoms. The van der Waals surface area contributed by atoms with Crippen LogP contribution in [0.5, 0.6) is 0 Å². The third-order valence-electron chi connectivity index (χ3n) is 4.97. The van der Waals surface area contributed by atoms with Crippen molar-refractivity contribution in [1.29, 1.82) is 0 Å². The molecule has 0 fully saturated rings. The highest BCUT2D eigenvalue weighted by Crippen LogP contribution is 2.29. The minimum Gasteiger partial charge on any atom is -0.349 e. The average Bonchev–Trinajstić information content (AvgIpc) is 2.66. The van der Waals surface area contributed by atoms with Gasteiger partial charge in [-0.05, 0) is 68.4 Å². The summed E-state index contributed by atoms with van der Waals surface area (Å²) in [7, 11) is -3.48. The predicted molar refractivity (Wildman–Crippen MR) is 110 cm³/mol. The van der Waals surface area contributed by atoms with Crippen LogP contribution in [-0.2, 0) is 27.7 Å². The minimum atomic E-state index is -3.48. The lowest BCUT2D eigenvalue weighted by Crippen LogP contribution is -2.31. The molecule has 2 aromatic rings. The van der Waals surface area contributed by atoms with E-state index in [0.29, 0.717) is 12.8 Å². The van der Waals surface area contributed by atoms with Gasteiger partial charge in [0.1, 0.15) is 0 Å². The Balaban J connectivity index is 1.56. The zero-order valence-electron chi connectivity index (χ0n) is 16.4. The van der Waals surface area contributed by atoms with Crippen molar-refractivity contribution < 1.29 is 13.2 Å². The maximum Gasteiger partial charge on any atom is 0.240 e. The molecule has 1 atom stereocenters. The van der Waals surface area contributed by atoms with Crippen molar-refractivity contribution in [2.24, 2.45) is 0 Å². The molecule has 0 saturated heterocycles. The summed E-state index contributed by atoms with van der Waals surface area (Å²) >= 11 is 0. The Labute approximate surface area is 167 Å². The lowest BCUT2D eigenvalue weighted by Gasteiger charge is -2.26. The van der Waals surface area contributed by atoms with E-state index in [0.717, 1.165) is 24.8 Å². The van der Waals surface area contributed by atoms with Gasteiger partial charge in [0.2, 0.25) is 15.9 Å². The summed E-state index contributed by atoms with van der Waals surface area (Å²) in [4.78, 5) is 12.7. The van der Waals surface area contributed by atoms with Gasteiger partial charge in [-0.3, -0.25) is 4.79 Å². The predicted octanol–water partition coefficient (Wildman–Crippen LogP) is 3.50. The molecule has 3 rings (SSSR count). The lowest BCUT2D eigenvalue weighted by atomic mass is 9.87. The second kappa shape index (κ2) is 8.88. The van der Waals surface area contributed by atoms with E-state index in [1.165, 1.54) is 11.1 Å². The van der Waals surface area contributed by atoms with Crippen LogP contribution in [-0.4, -0.2) is 20.4 Å². The fourth-order valence-corrected chi connectivity index (χ4v) is 4.89. The minimum absolute atomic E-state index is 0.0277. The van der Waals surface area contributed by atoms with Crippen molar-refractivity contribution in [2.75, 3.05) is 0 Å². The molecule has 0 spiro atoms. The highest BCUT2D eigenvalue weighted by Gasteiger charge is 2.21. The van der Waals surface area contributed by atoms with Crippen molar-refractivity contribution >= 4 is 15.9 Å². The molecule has 2 aromatic carbocycles. The van der Waals surface area contributed by atoms with Crippen molar-refractivity contribution in [1.82, 2.24) is 10.0 Å². The van der Waals surface area contributed by atoms with E-state index in [4.69, 9.17) is 0 Å². The summed E-state index contributed by atoms with van der Waals surface area (Å²) in [6, 6.07) is 15.0. The van der Waals surface area contributed by atoms with Crippen molar-refractivity contribution in [3.63, 3.8) is 0 Å². The first-order valence-corrected chi connectivity index (χ1v) is 11.3. The average molecular weight is 401 g/mol. The van der Waals surface area contributed by atoms with E-state index >= 15 is 0 Å². The van der Waals surface area contributed by atoms with Crippen molar-refractivity contribution in [3.05, 3.63) is 65.2 Å². The normalized spacial score (nSPS) is 16.6. The number of benzene rings is 2. The Hall–Kier alpha value is -2.18. The van der Waals surface area contributed by atoms with Crippen LogP contribution in [0.1, 0.15) is 55.8 Å². The smallest absolute Gasteiger partial charge is 0.240 e. The zero-order valence-corrected chi connectivity index (χ0v) is 17.3. The molecular weight excluding hydrogens is 372 g/mol. The second-order valence-corrected chi connectivity index (χ2v) is 9.35. The van der Waals surface area contributed by atoms with Crippen LogP contribution in [0.25, 0.3) is 0 Å². The summed E-state index contributed by atoms with van der Waals surface area (Å²) in [6.45, 7) is 3.57. The van der Waals surface area contributed by atoms with E-state index < -0.39 is 10.0 Å².